The highest BCUT2D eigenvalue weighted by Crippen LogP contribution is 2.16. The van der Waals surface area contributed by atoms with Crippen LogP contribution in [0.4, 0.5) is 0 Å². The molecule has 0 aliphatic rings. The van der Waals surface area contributed by atoms with Gasteiger partial charge in [-0.25, -0.2) is 4.68 Å². The Morgan fingerprint density at radius 3 is 2.80 bits per heavy atom. The molecule has 0 fully saturated rings. The maximum absolute atomic E-state index is 4.18. The molecule has 15 heavy (non-hydrogen) atoms. The highest BCUT2D eigenvalue weighted by molar-refractivity contribution is 5.83. The molecule has 1 radical (unpaired) electrons. The third-order valence-corrected chi connectivity index (χ3v) is 2.40. The van der Waals surface area contributed by atoms with E-state index in [1.807, 2.05) is 35.1 Å². The predicted octanol–water partition coefficient (Wildman–Crippen LogP) is 2.83. The van der Waals surface area contributed by atoms with E-state index < -0.39 is 0 Å². The molecular weight excluding hydrogens is 184 g/mol. The second kappa shape index (κ2) is 3.24. The van der Waals surface area contributed by atoms with Crippen molar-refractivity contribution in [1.29, 1.82) is 0 Å². The van der Waals surface area contributed by atoms with Crippen molar-refractivity contribution in [3.8, 4) is 5.69 Å². The molecule has 0 saturated heterocycles. The van der Waals surface area contributed by atoms with Crippen molar-refractivity contribution in [2.24, 2.45) is 0 Å². The Labute approximate surface area is 87.8 Å². The van der Waals surface area contributed by atoms with Crippen LogP contribution in [0.5, 0.6) is 0 Å². The highest BCUT2D eigenvalue weighted by Gasteiger charge is 1.98. The van der Waals surface area contributed by atoms with E-state index in [1.165, 1.54) is 5.39 Å². The maximum Gasteiger partial charge on any atom is 0.0731 e. The van der Waals surface area contributed by atoms with Gasteiger partial charge in [0, 0.05) is 18.5 Å². The zero-order valence-electron chi connectivity index (χ0n) is 8.09. The Balaban J connectivity index is 2.22. The molecule has 1 heterocycles. The van der Waals surface area contributed by atoms with Gasteiger partial charge >= 0.3 is 0 Å². The number of fused-ring (bicyclic) bond motifs is 1. The molecule has 2 nitrogen and oxygen atoms in total. The summed E-state index contributed by atoms with van der Waals surface area (Å²) in [5.41, 5.74) is 0.971. The van der Waals surface area contributed by atoms with Crippen molar-refractivity contribution in [3.63, 3.8) is 0 Å². The average Bonchev–Trinajstić information content (AvgIpc) is 2.82. The van der Waals surface area contributed by atoms with E-state index in [4.69, 9.17) is 0 Å². The fourth-order valence-electron chi connectivity index (χ4n) is 1.65. The van der Waals surface area contributed by atoms with E-state index in [1.54, 1.807) is 6.20 Å². The van der Waals surface area contributed by atoms with Crippen molar-refractivity contribution >= 4 is 10.8 Å². The van der Waals surface area contributed by atoms with Crippen molar-refractivity contribution in [2.45, 2.75) is 0 Å². The summed E-state index contributed by atoms with van der Waals surface area (Å²) in [5, 5.41) is 6.50. The van der Waals surface area contributed by atoms with Crippen LogP contribution in [0.25, 0.3) is 16.5 Å². The average molecular weight is 193 g/mol. The van der Waals surface area contributed by atoms with Crippen molar-refractivity contribution in [1.82, 2.24) is 9.78 Å². The topological polar surface area (TPSA) is 17.8 Å². The van der Waals surface area contributed by atoms with E-state index in [0.717, 1.165) is 11.1 Å². The van der Waals surface area contributed by atoms with Crippen LogP contribution < -0.4 is 0 Å². The molecule has 0 bridgehead atoms. The molecule has 3 aromatic rings. The first-order valence-corrected chi connectivity index (χ1v) is 4.84. The molecule has 1 aromatic heterocycles. The predicted molar refractivity (Wildman–Crippen MR) is 59.9 cm³/mol. The van der Waals surface area contributed by atoms with Crippen molar-refractivity contribution < 1.29 is 0 Å². The lowest BCUT2D eigenvalue weighted by molar-refractivity contribution is 0.881. The van der Waals surface area contributed by atoms with Gasteiger partial charge < -0.3 is 0 Å². The van der Waals surface area contributed by atoms with Gasteiger partial charge in [0.1, 0.15) is 0 Å². The second-order valence-electron chi connectivity index (χ2n) is 3.38. The van der Waals surface area contributed by atoms with E-state index in [0.29, 0.717) is 0 Å². The third-order valence-electron chi connectivity index (χ3n) is 2.40. The first-order valence-electron chi connectivity index (χ1n) is 4.84. The molecule has 3 rings (SSSR count). The number of rotatable bonds is 1. The number of nitrogens with zero attached hydrogens (tertiary/aromatic N) is 2. The van der Waals surface area contributed by atoms with E-state index in [9.17, 15) is 0 Å². The Morgan fingerprint density at radius 2 is 1.93 bits per heavy atom. The Hall–Kier alpha value is -2.09. The van der Waals surface area contributed by atoms with Gasteiger partial charge in [0.05, 0.1) is 5.69 Å². The fraction of sp³-hybridized carbons (Fsp3) is 0. The molecule has 0 aliphatic carbocycles. The summed E-state index contributed by atoms with van der Waals surface area (Å²) < 4.78 is 1.81. The molecule has 2 heteroatoms. The molecule has 71 valence electrons. The fourth-order valence-corrected chi connectivity index (χ4v) is 1.65. The third kappa shape index (κ3) is 1.40. The molecule has 2 aromatic carbocycles. The van der Waals surface area contributed by atoms with Crippen LogP contribution in [0.15, 0.2) is 54.9 Å². The summed E-state index contributed by atoms with van der Waals surface area (Å²) >= 11 is 0. The minimum absolute atomic E-state index is 0.971. The summed E-state index contributed by atoms with van der Waals surface area (Å²) in [4.78, 5) is 0. The number of hydrogen-bond donors (Lipinski definition) is 0. The van der Waals surface area contributed by atoms with Gasteiger partial charge in [-0.1, -0.05) is 30.3 Å². The zero-order chi connectivity index (χ0) is 10.1. The summed E-state index contributed by atoms with van der Waals surface area (Å²) in [6.45, 7) is 0. The molecule has 0 aliphatic heterocycles. The smallest absolute Gasteiger partial charge is 0.0731 e. The minimum atomic E-state index is 0.971. The van der Waals surface area contributed by atoms with Crippen molar-refractivity contribution in [3.05, 3.63) is 60.9 Å². The monoisotopic (exact) mass is 193 g/mol. The van der Waals surface area contributed by atoms with Crippen molar-refractivity contribution in [2.75, 3.05) is 0 Å². The molecule has 0 unspecified atom stereocenters. The lowest BCUT2D eigenvalue weighted by Gasteiger charge is -2.02. The van der Waals surface area contributed by atoms with Crippen LogP contribution >= 0.6 is 0 Å². The standard InChI is InChI=1S/C13H9N2/c1-2-5-12-10-13(7-6-11(12)4-1)15-9-3-8-14-15/h1-9H. The first kappa shape index (κ1) is 8.24. The lowest BCUT2D eigenvalue weighted by atomic mass is 10.1. The maximum atomic E-state index is 4.18. The second-order valence-corrected chi connectivity index (χ2v) is 3.38. The van der Waals surface area contributed by atoms with Crippen LogP contribution in [0.1, 0.15) is 0 Å². The summed E-state index contributed by atoms with van der Waals surface area (Å²) in [6, 6.07) is 17.5. The van der Waals surface area contributed by atoms with E-state index in [-0.39, 0.29) is 0 Å². The Morgan fingerprint density at radius 1 is 1.00 bits per heavy atom. The van der Waals surface area contributed by atoms with Crippen LogP contribution in [-0.4, -0.2) is 9.78 Å². The quantitative estimate of drug-likeness (QED) is 0.581. The normalized spacial score (nSPS) is 10.7. The van der Waals surface area contributed by atoms with Crippen LogP contribution in [-0.2, 0) is 0 Å². The molecule has 0 saturated carbocycles. The van der Waals surface area contributed by atoms with E-state index in [2.05, 4.69) is 29.4 Å². The van der Waals surface area contributed by atoms with Gasteiger partial charge in [-0.15, -0.1) is 0 Å². The van der Waals surface area contributed by atoms with Gasteiger partial charge in [-0.3, -0.25) is 0 Å². The van der Waals surface area contributed by atoms with Gasteiger partial charge in [0.15, 0.2) is 0 Å². The molecule has 0 atom stereocenters. The van der Waals surface area contributed by atoms with Crippen LogP contribution in [0, 0.1) is 6.07 Å². The first-order chi connectivity index (χ1) is 7.43. The van der Waals surface area contributed by atoms with Crippen LogP contribution in [0.3, 0.4) is 0 Å². The Kier molecular flexibility index (Phi) is 1.78. The molecule has 0 N–H and O–H groups in total. The molecular formula is C13H9N2. The number of hydrogen-bond acceptors (Lipinski definition) is 1. The molecule has 0 amide bonds. The molecule has 0 spiro atoms. The van der Waals surface area contributed by atoms with Gasteiger partial charge in [0.2, 0.25) is 0 Å². The zero-order valence-corrected chi connectivity index (χ0v) is 8.09. The minimum Gasteiger partial charge on any atom is -0.240 e. The number of aromatic nitrogens is 2. The lowest BCUT2D eigenvalue weighted by Crippen LogP contribution is -1.93. The van der Waals surface area contributed by atoms with Crippen LogP contribution in [0.2, 0.25) is 0 Å². The SMILES string of the molecule is [c]1c(-n2cccn2)ccc2ccccc12. The van der Waals surface area contributed by atoms with Gasteiger partial charge in [0.25, 0.3) is 0 Å². The van der Waals surface area contributed by atoms with E-state index >= 15 is 0 Å². The van der Waals surface area contributed by atoms with Gasteiger partial charge in [-0.05, 0) is 22.9 Å². The largest absolute Gasteiger partial charge is 0.240 e. The summed E-state index contributed by atoms with van der Waals surface area (Å²) in [5.74, 6) is 0. The summed E-state index contributed by atoms with van der Waals surface area (Å²) in [7, 11) is 0. The Bertz CT molecular complexity index is 582. The highest BCUT2D eigenvalue weighted by atomic mass is 15.3. The number of benzene rings is 2. The van der Waals surface area contributed by atoms with Gasteiger partial charge in [-0.2, -0.15) is 5.10 Å². The summed E-state index contributed by atoms with van der Waals surface area (Å²) in [6.07, 6.45) is 3.68.